The molecule has 1 aliphatic heterocycles. The summed E-state index contributed by atoms with van der Waals surface area (Å²) in [4.78, 5) is 0. The Labute approximate surface area is 117 Å². The molecule has 0 amide bonds. The molecule has 7 heteroatoms. The molecule has 0 bridgehead atoms. The van der Waals surface area contributed by atoms with Gasteiger partial charge in [0.25, 0.3) is 0 Å². The Morgan fingerprint density at radius 1 is 1.40 bits per heavy atom. The molecule has 20 heavy (non-hydrogen) atoms. The van der Waals surface area contributed by atoms with Crippen LogP contribution in [0.2, 0.25) is 0 Å². The lowest BCUT2D eigenvalue weighted by molar-refractivity contribution is -0.0499. The number of benzene rings is 1. The lowest BCUT2D eigenvalue weighted by Crippen LogP contribution is -2.32. The van der Waals surface area contributed by atoms with E-state index in [2.05, 4.69) is 10.1 Å². The molecule has 112 valence electrons. The highest BCUT2D eigenvalue weighted by Crippen LogP contribution is 2.22. The number of sulfone groups is 1. The SMILES string of the molecule is CC(NC1CCS(=O)(=O)C1)c1cccc(OC(F)F)c1. The molecule has 1 N–H and O–H groups in total. The van der Waals surface area contributed by atoms with E-state index in [1.54, 1.807) is 12.1 Å². The molecular formula is C13H17F2NO3S. The highest BCUT2D eigenvalue weighted by molar-refractivity contribution is 7.91. The first-order valence-corrected chi connectivity index (χ1v) is 8.19. The lowest BCUT2D eigenvalue weighted by atomic mass is 10.1. The van der Waals surface area contributed by atoms with Gasteiger partial charge in [0, 0.05) is 12.1 Å². The monoisotopic (exact) mass is 305 g/mol. The average molecular weight is 305 g/mol. The summed E-state index contributed by atoms with van der Waals surface area (Å²) in [6.07, 6.45) is 0.583. The van der Waals surface area contributed by atoms with Gasteiger partial charge in [-0.25, -0.2) is 8.42 Å². The van der Waals surface area contributed by atoms with Gasteiger partial charge < -0.3 is 10.1 Å². The number of rotatable bonds is 5. The second kappa shape index (κ2) is 6.05. The Morgan fingerprint density at radius 3 is 2.75 bits per heavy atom. The standard InChI is InChI=1S/C13H17F2NO3S/c1-9(16-11-5-6-20(17,18)8-11)10-3-2-4-12(7-10)19-13(14)15/h2-4,7,9,11,13,16H,5-6,8H2,1H3. The lowest BCUT2D eigenvalue weighted by Gasteiger charge is -2.19. The highest BCUT2D eigenvalue weighted by atomic mass is 32.2. The summed E-state index contributed by atoms with van der Waals surface area (Å²) in [5.41, 5.74) is 0.785. The van der Waals surface area contributed by atoms with Crippen molar-refractivity contribution in [3.8, 4) is 5.75 Å². The van der Waals surface area contributed by atoms with Crippen LogP contribution in [0.1, 0.15) is 24.9 Å². The van der Waals surface area contributed by atoms with Crippen LogP contribution in [0.3, 0.4) is 0 Å². The van der Waals surface area contributed by atoms with Crippen molar-refractivity contribution < 1.29 is 21.9 Å². The fraction of sp³-hybridized carbons (Fsp3) is 0.538. The zero-order valence-corrected chi connectivity index (χ0v) is 11.9. The topological polar surface area (TPSA) is 55.4 Å². The van der Waals surface area contributed by atoms with Gasteiger partial charge in [-0.05, 0) is 31.0 Å². The first-order valence-electron chi connectivity index (χ1n) is 6.37. The molecule has 1 fully saturated rings. The van der Waals surface area contributed by atoms with E-state index in [9.17, 15) is 17.2 Å². The fourth-order valence-corrected chi connectivity index (χ4v) is 4.02. The Bertz CT molecular complexity index is 562. The van der Waals surface area contributed by atoms with Crippen LogP contribution < -0.4 is 10.1 Å². The Morgan fingerprint density at radius 2 is 2.15 bits per heavy atom. The van der Waals surface area contributed by atoms with E-state index in [1.807, 2.05) is 6.92 Å². The van der Waals surface area contributed by atoms with E-state index in [0.29, 0.717) is 6.42 Å². The maximum absolute atomic E-state index is 12.2. The van der Waals surface area contributed by atoms with E-state index in [4.69, 9.17) is 0 Å². The summed E-state index contributed by atoms with van der Waals surface area (Å²) < 4.78 is 51.5. The van der Waals surface area contributed by atoms with Crippen molar-refractivity contribution in [2.45, 2.75) is 32.0 Å². The predicted molar refractivity (Wildman–Crippen MR) is 71.7 cm³/mol. The van der Waals surface area contributed by atoms with Gasteiger partial charge in [-0.3, -0.25) is 0 Å². The normalized spacial score (nSPS) is 22.9. The molecular weight excluding hydrogens is 288 g/mol. The third-order valence-corrected chi connectivity index (χ3v) is 5.07. The fourth-order valence-electron chi connectivity index (χ4n) is 2.34. The molecule has 2 rings (SSSR count). The van der Waals surface area contributed by atoms with Crippen LogP contribution in [0.4, 0.5) is 8.78 Å². The summed E-state index contributed by atoms with van der Waals surface area (Å²) in [5, 5.41) is 3.21. The summed E-state index contributed by atoms with van der Waals surface area (Å²) in [5.74, 6) is 0.432. The molecule has 1 aromatic rings. The summed E-state index contributed by atoms with van der Waals surface area (Å²) in [7, 11) is -2.93. The van der Waals surface area contributed by atoms with Crippen LogP contribution in [-0.4, -0.2) is 32.6 Å². The van der Waals surface area contributed by atoms with Crippen molar-refractivity contribution in [2.24, 2.45) is 0 Å². The van der Waals surface area contributed by atoms with Gasteiger partial charge >= 0.3 is 6.61 Å². The van der Waals surface area contributed by atoms with Crippen LogP contribution in [0, 0.1) is 0 Å². The summed E-state index contributed by atoms with van der Waals surface area (Å²) in [6, 6.07) is 6.20. The van der Waals surface area contributed by atoms with E-state index in [0.717, 1.165) is 5.56 Å². The smallest absolute Gasteiger partial charge is 0.387 e. The number of nitrogens with one attached hydrogen (secondary N) is 1. The molecule has 0 spiro atoms. The largest absolute Gasteiger partial charge is 0.435 e. The maximum atomic E-state index is 12.2. The Hall–Kier alpha value is -1.21. The molecule has 1 aromatic carbocycles. The minimum Gasteiger partial charge on any atom is -0.435 e. The van der Waals surface area contributed by atoms with E-state index in [-0.39, 0.29) is 29.3 Å². The number of hydrogen-bond donors (Lipinski definition) is 1. The molecule has 1 aliphatic rings. The molecule has 0 aliphatic carbocycles. The first-order chi connectivity index (χ1) is 9.35. The highest BCUT2D eigenvalue weighted by Gasteiger charge is 2.28. The van der Waals surface area contributed by atoms with Gasteiger partial charge in [0.1, 0.15) is 5.75 Å². The predicted octanol–water partition coefficient (Wildman–Crippen LogP) is 2.13. The van der Waals surface area contributed by atoms with Crippen molar-refractivity contribution in [1.29, 1.82) is 0 Å². The number of hydrogen-bond acceptors (Lipinski definition) is 4. The molecule has 1 heterocycles. The average Bonchev–Trinajstić information content (AvgIpc) is 2.68. The van der Waals surface area contributed by atoms with Crippen molar-refractivity contribution in [3.63, 3.8) is 0 Å². The van der Waals surface area contributed by atoms with Crippen molar-refractivity contribution in [2.75, 3.05) is 11.5 Å². The van der Waals surface area contributed by atoms with Gasteiger partial charge in [0.2, 0.25) is 0 Å². The van der Waals surface area contributed by atoms with Crippen LogP contribution in [0.25, 0.3) is 0 Å². The molecule has 2 unspecified atom stereocenters. The van der Waals surface area contributed by atoms with Crippen LogP contribution in [-0.2, 0) is 9.84 Å². The first kappa shape index (κ1) is 15.2. The minimum atomic E-state index is -2.93. The molecule has 0 saturated carbocycles. The molecule has 1 saturated heterocycles. The second-order valence-electron chi connectivity index (χ2n) is 4.94. The molecule has 0 aromatic heterocycles. The quantitative estimate of drug-likeness (QED) is 0.905. The molecule has 4 nitrogen and oxygen atoms in total. The maximum Gasteiger partial charge on any atom is 0.387 e. The summed E-state index contributed by atoms with van der Waals surface area (Å²) in [6.45, 7) is -0.986. The van der Waals surface area contributed by atoms with Gasteiger partial charge in [-0.1, -0.05) is 12.1 Å². The van der Waals surface area contributed by atoms with Crippen LogP contribution in [0.15, 0.2) is 24.3 Å². The molecule has 0 radical (unpaired) electrons. The van der Waals surface area contributed by atoms with Gasteiger partial charge in [0.05, 0.1) is 11.5 Å². The third-order valence-electron chi connectivity index (χ3n) is 3.30. The zero-order valence-electron chi connectivity index (χ0n) is 11.1. The third kappa shape index (κ3) is 4.14. The van der Waals surface area contributed by atoms with Gasteiger partial charge in [0.15, 0.2) is 9.84 Å². The number of halogens is 2. The molecule has 2 atom stereocenters. The van der Waals surface area contributed by atoms with Crippen LogP contribution in [0.5, 0.6) is 5.75 Å². The second-order valence-corrected chi connectivity index (χ2v) is 7.17. The van der Waals surface area contributed by atoms with Crippen molar-refractivity contribution in [3.05, 3.63) is 29.8 Å². The Kier molecular flexibility index (Phi) is 4.59. The van der Waals surface area contributed by atoms with E-state index in [1.165, 1.54) is 12.1 Å². The minimum absolute atomic E-state index is 0.0883. The summed E-state index contributed by atoms with van der Waals surface area (Å²) >= 11 is 0. The van der Waals surface area contributed by atoms with E-state index >= 15 is 0 Å². The zero-order chi connectivity index (χ0) is 14.8. The van der Waals surface area contributed by atoms with Gasteiger partial charge in [-0.2, -0.15) is 8.78 Å². The van der Waals surface area contributed by atoms with Gasteiger partial charge in [-0.15, -0.1) is 0 Å². The van der Waals surface area contributed by atoms with Crippen molar-refractivity contribution in [1.82, 2.24) is 5.32 Å². The number of ether oxygens (including phenoxy) is 1. The number of alkyl halides is 2. The van der Waals surface area contributed by atoms with Crippen LogP contribution >= 0.6 is 0 Å². The van der Waals surface area contributed by atoms with E-state index < -0.39 is 16.4 Å². The Balaban J connectivity index is 2.00. The van der Waals surface area contributed by atoms with Crippen molar-refractivity contribution >= 4 is 9.84 Å².